The average Bonchev–Trinajstić information content (AvgIpc) is 3.09. The number of piperidine rings is 1. The van der Waals surface area contributed by atoms with Crippen LogP contribution in [0.1, 0.15) is 31.7 Å². The van der Waals surface area contributed by atoms with E-state index in [2.05, 4.69) is 10.6 Å². The standard InChI is InChI=1S/C18H23N3O3/c1-18(10-13-11-20-17(23)24-13)14-4-2-3-5-15(14)21(16(18)22)12-6-8-19-9-7-12/h2-5,12-13,19H,6-11H2,1H3,(H,20,23). The van der Waals surface area contributed by atoms with Crippen LogP contribution < -0.4 is 15.5 Å². The summed E-state index contributed by atoms with van der Waals surface area (Å²) in [6, 6.07) is 8.29. The zero-order valence-corrected chi connectivity index (χ0v) is 13.9. The minimum absolute atomic E-state index is 0.138. The third-order valence-electron chi connectivity index (χ3n) is 5.51. The molecule has 2 saturated heterocycles. The second-order valence-electron chi connectivity index (χ2n) is 7.12. The van der Waals surface area contributed by atoms with Gasteiger partial charge < -0.3 is 20.3 Å². The number of ether oxygens (including phenoxy) is 1. The van der Waals surface area contributed by atoms with Crippen molar-refractivity contribution >= 4 is 17.7 Å². The van der Waals surface area contributed by atoms with Crippen molar-refractivity contribution in [2.75, 3.05) is 24.5 Å². The lowest BCUT2D eigenvalue weighted by Gasteiger charge is -2.34. The van der Waals surface area contributed by atoms with Gasteiger partial charge in [-0.05, 0) is 44.5 Å². The normalized spacial score (nSPS) is 30.2. The summed E-state index contributed by atoms with van der Waals surface area (Å²) in [5.41, 5.74) is 1.43. The van der Waals surface area contributed by atoms with Crippen molar-refractivity contribution in [3.05, 3.63) is 29.8 Å². The molecular weight excluding hydrogens is 306 g/mol. The first kappa shape index (κ1) is 15.4. The van der Waals surface area contributed by atoms with Gasteiger partial charge in [0, 0.05) is 18.2 Å². The van der Waals surface area contributed by atoms with Crippen molar-refractivity contribution in [1.82, 2.24) is 10.6 Å². The number of fused-ring (bicyclic) bond motifs is 1. The van der Waals surface area contributed by atoms with E-state index < -0.39 is 11.5 Å². The second-order valence-corrected chi connectivity index (χ2v) is 7.12. The topological polar surface area (TPSA) is 70.7 Å². The van der Waals surface area contributed by atoms with Gasteiger partial charge in [0.15, 0.2) is 0 Å². The summed E-state index contributed by atoms with van der Waals surface area (Å²) in [4.78, 5) is 26.7. The zero-order chi connectivity index (χ0) is 16.7. The number of alkyl carbamates (subject to hydrolysis) is 1. The van der Waals surface area contributed by atoms with Crippen LogP contribution in [0.3, 0.4) is 0 Å². The summed E-state index contributed by atoms with van der Waals surface area (Å²) in [5.74, 6) is 0.138. The molecule has 6 nitrogen and oxygen atoms in total. The zero-order valence-electron chi connectivity index (χ0n) is 13.9. The molecule has 4 rings (SSSR count). The van der Waals surface area contributed by atoms with E-state index in [1.807, 2.05) is 36.1 Å². The molecule has 0 aliphatic carbocycles. The fraction of sp³-hybridized carbons (Fsp3) is 0.556. The molecule has 3 aliphatic rings. The van der Waals surface area contributed by atoms with Gasteiger partial charge in [0.1, 0.15) is 6.10 Å². The van der Waals surface area contributed by atoms with Gasteiger partial charge in [-0.3, -0.25) is 4.79 Å². The second kappa shape index (κ2) is 5.77. The minimum Gasteiger partial charge on any atom is -0.444 e. The molecular formula is C18H23N3O3. The lowest BCUT2D eigenvalue weighted by molar-refractivity contribution is -0.124. The predicted octanol–water partition coefficient (Wildman–Crippen LogP) is 1.54. The Morgan fingerprint density at radius 1 is 1.25 bits per heavy atom. The Hall–Kier alpha value is -2.08. The van der Waals surface area contributed by atoms with Gasteiger partial charge in [0.05, 0.1) is 12.0 Å². The fourth-order valence-corrected chi connectivity index (χ4v) is 4.27. The number of anilines is 1. The molecule has 3 aliphatic heterocycles. The number of hydrogen-bond donors (Lipinski definition) is 2. The number of hydrogen-bond acceptors (Lipinski definition) is 4. The molecule has 0 spiro atoms. The molecule has 0 radical (unpaired) electrons. The van der Waals surface area contributed by atoms with E-state index in [-0.39, 0.29) is 18.1 Å². The number of carbonyl (C=O) groups excluding carboxylic acids is 2. The first-order valence-corrected chi connectivity index (χ1v) is 8.68. The van der Waals surface area contributed by atoms with Crippen molar-refractivity contribution in [2.45, 2.75) is 43.7 Å². The molecule has 3 heterocycles. The number of carbonyl (C=O) groups is 2. The van der Waals surface area contributed by atoms with Gasteiger partial charge in [-0.1, -0.05) is 18.2 Å². The Bertz CT molecular complexity index is 671. The number of cyclic esters (lactones) is 1. The largest absolute Gasteiger partial charge is 0.444 e. The Morgan fingerprint density at radius 3 is 2.71 bits per heavy atom. The quantitative estimate of drug-likeness (QED) is 0.882. The summed E-state index contributed by atoms with van der Waals surface area (Å²) in [5, 5.41) is 6.04. The van der Waals surface area contributed by atoms with Crippen LogP contribution in [0, 0.1) is 0 Å². The van der Waals surface area contributed by atoms with E-state index in [9.17, 15) is 9.59 Å². The molecule has 24 heavy (non-hydrogen) atoms. The summed E-state index contributed by atoms with van der Waals surface area (Å²) >= 11 is 0. The number of rotatable bonds is 3. The lowest BCUT2D eigenvalue weighted by Crippen LogP contribution is -2.49. The van der Waals surface area contributed by atoms with Gasteiger partial charge in [-0.2, -0.15) is 0 Å². The number of para-hydroxylation sites is 1. The molecule has 2 amide bonds. The molecule has 6 heteroatoms. The van der Waals surface area contributed by atoms with E-state index >= 15 is 0 Å². The van der Waals surface area contributed by atoms with E-state index in [4.69, 9.17) is 4.74 Å². The van der Waals surface area contributed by atoms with Crippen LogP contribution in [0.25, 0.3) is 0 Å². The van der Waals surface area contributed by atoms with Gasteiger partial charge in [0.2, 0.25) is 5.91 Å². The predicted molar refractivity (Wildman–Crippen MR) is 90.1 cm³/mol. The Morgan fingerprint density at radius 2 is 2.00 bits per heavy atom. The molecule has 0 aromatic heterocycles. The molecule has 2 fully saturated rings. The van der Waals surface area contributed by atoms with Crippen molar-refractivity contribution in [1.29, 1.82) is 0 Å². The molecule has 0 bridgehead atoms. The van der Waals surface area contributed by atoms with Gasteiger partial charge in [0.25, 0.3) is 0 Å². The van der Waals surface area contributed by atoms with Gasteiger partial charge >= 0.3 is 6.09 Å². The number of benzene rings is 1. The van der Waals surface area contributed by atoms with E-state index in [0.29, 0.717) is 13.0 Å². The van der Waals surface area contributed by atoms with Crippen LogP contribution >= 0.6 is 0 Å². The third-order valence-corrected chi connectivity index (χ3v) is 5.51. The van der Waals surface area contributed by atoms with Crippen molar-refractivity contribution in [2.24, 2.45) is 0 Å². The molecule has 2 unspecified atom stereocenters. The fourth-order valence-electron chi connectivity index (χ4n) is 4.27. The molecule has 1 aromatic rings. The third kappa shape index (κ3) is 2.36. The highest BCUT2D eigenvalue weighted by Gasteiger charge is 2.51. The van der Waals surface area contributed by atoms with Crippen LogP contribution in [-0.4, -0.2) is 43.8 Å². The highest BCUT2D eigenvalue weighted by Crippen LogP contribution is 2.46. The maximum atomic E-state index is 13.4. The Kier molecular flexibility index (Phi) is 3.72. The van der Waals surface area contributed by atoms with E-state index in [1.54, 1.807) is 0 Å². The minimum atomic E-state index is -0.640. The molecule has 128 valence electrons. The number of nitrogens with zero attached hydrogens (tertiary/aromatic N) is 1. The molecule has 1 aromatic carbocycles. The molecule has 0 saturated carbocycles. The number of nitrogens with one attached hydrogen (secondary N) is 2. The van der Waals surface area contributed by atoms with Crippen molar-refractivity contribution in [3.63, 3.8) is 0 Å². The lowest BCUT2D eigenvalue weighted by atomic mass is 9.79. The van der Waals surface area contributed by atoms with Crippen LogP contribution in [0.2, 0.25) is 0 Å². The first-order valence-electron chi connectivity index (χ1n) is 8.68. The molecule has 2 N–H and O–H groups in total. The summed E-state index contributed by atoms with van der Waals surface area (Å²) < 4.78 is 5.30. The smallest absolute Gasteiger partial charge is 0.407 e. The van der Waals surface area contributed by atoms with Crippen molar-refractivity contribution < 1.29 is 14.3 Å². The summed E-state index contributed by atoms with van der Waals surface area (Å²) in [6.07, 6.45) is 1.81. The maximum absolute atomic E-state index is 13.4. The van der Waals surface area contributed by atoms with Crippen LogP contribution in [-0.2, 0) is 14.9 Å². The molecule has 2 atom stereocenters. The maximum Gasteiger partial charge on any atom is 0.407 e. The average molecular weight is 329 g/mol. The van der Waals surface area contributed by atoms with E-state index in [1.165, 1.54) is 0 Å². The first-order chi connectivity index (χ1) is 11.6. The summed E-state index contributed by atoms with van der Waals surface area (Å²) in [7, 11) is 0. The monoisotopic (exact) mass is 329 g/mol. The Labute approximate surface area is 141 Å². The Balaban J connectivity index is 1.67. The van der Waals surface area contributed by atoms with Crippen LogP contribution in [0.15, 0.2) is 24.3 Å². The van der Waals surface area contributed by atoms with Crippen LogP contribution in [0.5, 0.6) is 0 Å². The highest BCUT2D eigenvalue weighted by atomic mass is 16.6. The highest BCUT2D eigenvalue weighted by molar-refractivity contribution is 6.08. The van der Waals surface area contributed by atoms with Crippen molar-refractivity contribution in [3.8, 4) is 0 Å². The van der Waals surface area contributed by atoms with E-state index in [0.717, 1.165) is 37.2 Å². The summed E-state index contributed by atoms with van der Waals surface area (Å²) in [6.45, 7) is 4.34. The van der Waals surface area contributed by atoms with Gasteiger partial charge in [-0.15, -0.1) is 0 Å². The number of amides is 2. The SMILES string of the molecule is CC1(CC2CNC(=O)O2)C(=O)N(C2CCNCC2)c2ccccc21. The van der Waals surface area contributed by atoms with Crippen LogP contribution in [0.4, 0.5) is 10.5 Å². The van der Waals surface area contributed by atoms with Gasteiger partial charge in [-0.25, -0.2) is 4.79 Å².